The zero-order valence-corrected chi connectivity index (χ0v) is 15.5. The molecule has 0 saturated carbocycles. The number of carbonyl (C=O) groups is 3. The van der Waals surface area contributed by atoms with Gasteiger partial charge in [0, 0.05) is 38.5 Å². The smallest absolute Gasteiger partial charge is 0.410 e. The molecule has 1 aromatic carbocycles. The van der Waals surface area contributed by atoms with Crippen molar-refractivity contribution >= 4 is 17.8 Å². The van der Waals surface area contributed by atoms with Crippen LogP contribution in [0.1, 0.15) is 37.7 Å². The Bertz CT molecular complexity index is 618. The molecule has 0 spiro atoms. The first-order valence-electron chi connectivity index (χ1n) is 9.35. The van der Waals surface area contributed by atoms with E-state index in [2.05, 4.69) is 0 Å². The molecule has 1 aliphatic heterocycles. The van der Waals surface area contributed by atoms with Gasteiger partial charge in [0.25, 0.3) is 0 Å². The van der Waals surface area contributed by atoms with Crippen LogP contribution in [0.25, 0.3) is 0 Å². The van der Waals surface area contributed by atoms with Gasteiger partial charge in [-0.25, -0.2) is 9.59 Å². The molecule has 0 aliphatic carbocycles. The number of Topliss-reactive ketones (excluding diaryl/α,β-unsaturated/α-hetero) is 1. The minimum atomic E-state index is -0.991. The predicted octanol–water partition coefficient (Wildman–Crippen LogP) is 2.67. The molecule has 1 N–H and O–H groups in total. The quantitative estimate of drug-likeness (QED) is 0.563. The lowest BCUT2D eigenvalue weighted by Crippen LogP contribution is -2.46. The topological polar surface area (TPSA) is 93.1 Å². The number of unbranched alkanes of at least 4 members (excludes halogenated alkanes) is 1. The number of cyclic esters (lactones) is 1. The zero-order valence-electron chi connectivity index (χ0n) is 15.5. The minimum absolute atomic E-state index is 0.00547. The SMILES string of the molecule is O=C(O)COCCCCN1C(=O)OCCC1CCC(=O)Cc1ccccc1. The molecule has 0 aromatic heterocycles. The number of rotatable bonds is 12. The van der Waals surface area contributed by atoms with Crippen molar-refractivity contribution in [3.05, 3.63) is 35.9 Å². The highest BCUT2D eigenvalue weighted by Gasteiger charge is 2.29. The molecule has 1 fully saturated rings. The summed E-state index contributed by atoms with van der Waals surface area (Å²) >= 11 is 0. The fourth-order valence-corrected chi connectivity index (χ4v) is 3.13. The van der Waals surface area contributed by atoms with Crippen LogP contribution in [-0.4, -0.2) is 60.3 Å². The molecular formula is C20H27NO6. The number of carboxylic acids is 1. The van der Waals surface area contributed by atoms with Crippen LogP contribution in [0.5, 0.6) is 0 Å². The molecule has 7 heteroatoms. The maximum atomic E-state index is 12.2. The minimum Gasteiger partial charge on any atom is -0.480 e. The van der Waals surface area contributed by atoms with Gasteiger partial charge in [0.2, 0.25) is 0 Å². The number of hydrogen-bond acceptors (Lipinski definition) is 5. The molecule has 0 bridgehead atoms. The molecular weight excluding hydrogens is 350 g/mol. The number of benzene rings is 1. The molecule has 148 valence electrons. The van der Waals surface area contributed by atoms with E-state index in [1.54, 1.807) is 4.90 Å². The Kier molecular flexibility index (Phi) is 8.77. The van der Waals surface area contributed by atoms with Gasteiger partial charge in [-0.3, -0.25) is 4.79 Å². The number of carbonyl (C=O) groups excluding carboxylic acids is 2. The van der Waals surface area contributed by atoms with Gasteiger partial charge in [0.05, 0.1) is 6.61 Å². The van der Waals surface area contributed by atoms with Gasteiger partial charge in [-0.2, -0.15) is 0 Å². The van der Waals surface area contributed by atoms with Crippen molar-refractivity contribution in [3.8, 4) is 0 Å². The van der Waals surface area contributed by atoms with E-state index in [0.717, 1.165) is 12.0 Å². The summed E-state index contributed by atoms with van der Waals surface area (Å²) in [5.41, 5.74) is 1.00. The van der Waals surface area contributed by atoms with Crippen LogP contribution in [0.2, 0.25) is 0 Å². The maximum absolute atomic E-state index is 12.2. The van der Waals surface area contributed by atoms with Crippen molar-refractivity contribution in [2.75, 3.05) is 26.4 Å². The van der Waals surface area contributed by atoms with Gasteiger partial charge < -0.3 is 19.5 Å². The first kappa shape index (κ1) is 20.9. The zero-order chi connectivity index (χ0) is 19.5. The van der Waals surface area contributed by atoms with Crippen LogP contribution in [0.4, 0.5) is 4.79 Å². The van der Waals surface area contributed by atoms with Gasteiger partial charge in [-0.05, 0) is 24.8 Å². The first-order valence-corrected chi connectivity index (χ1v) is 9.35. The third-order valence-corrected chi connectivity index (χ3v) is 4.52. The van der Waals surface area contributed by atoms with Crippen molar-refractivity contribution in [1.29, 1.82) is 0 Å². The lowest BCUT2D eigenvalue weighted by Gasteiger charge is -2.35. The summed E-state index contributed by atoms with van der Waals surface area (Å²) in [7, 11) is 0. The summed E-state index contributed by atoms with van der Waals surface area (Å²) in [6.45, 7) is 0.939. The van der Waals surface area contributed by atoms with Crippen LogP contribution in [0.15, 0.2) is 30.3 Å². The van der Waals surface area contributed by atoms with Crippen molar-refractivity contribution in [2.45, 2.75) is 44.6 Å². The van der Waals surface area contributed by atoms with Crippen molar-refractivity contribution in [1.82, 2.24) is 4.90 Å². The third-order valence-electron chi connectivity index (χ3n) is 4.52. The van der Waals surface area contributed by atoms with E-state index in [-0.39, 0.29) is 24.5 Å². The second-order valence-corrected chi connectivity index (χ2v) is 6.64. The van der Waals surface area contributed by atoms with E-state index in [0.29, 0.717) is 51.9 Å². The summed E-state index contributed by atoms with van der Waals surface area (Å²) in [5, 5.41) is 8.52. The predicted molar refractivity (Wildman–Crippen MR) is 98.5 cm³/mol. The lowest BCUT2D eigenvalue weighted by molar-refractivity contribution is -0.142. The maximum Gasteiger partial charge on any atom is 0.410 e. The molecule has 1 atom stereocenters. The van der Waals surface area contributed by atoms with Crippen LogP contribution in [0, 0.1) is 0 Å². The van der Waals surface area contributed by atoms with Crippen LogP contribution < -0.4 is 0 Å². The Morgan fingerprint density at radius 3 is 2.74 bits per heavy atom. The number of nitrogens with zero attached hydrogens (tertiary/aromatic N) is 1. The van der Waals surface area contributed by atoms with Crippen molar-refractivity contribution < 1.29 is 29.0 Å². The van der Waals surface area contributed by atoms with Crippen LogP contribution >= 0.6 is 0 Å². The van der Waals surface area contributed by atoms with Gasteiger partial charge in [0.1, 0.15) is 12.4 Å². The van der Waals surface area contributed by atoms with Crippen molar-refractivity contribution in [3.63, 3.8) is 0 Å². The van der Waals surface area contributed by atoms with E-state index in [1.165, 1.54) is 0 Å². The normalized spacial score (nSPS) is 16.8. The molecule has 1 heterocycles. The summed E-state index contributed by atoms with van der Waals surface area (Å²) in [6, 6.07) is 9.64. The van der Waals surface area contributed by atoms with E-state index in [1.807, 2.05) is 30.3 Å². The van der Waals surface area contributed by atoms with Gasteiger partial charge in [-0.1, -0.05) is 30.3 Å². The average Bonchev–Trinajstić information content (AvgIpc) is 2.65. The molecule has 0 radical (unpaired) electrons. The summed E-state index contributed by atoms with van der Waals surface area (Å²) in [6.07, 6.45) is 3.23. The van der Waals surface area contributed by atoms with Gasteiger partial charge >= 0.3 is 12.1 Å². The molecule has 1 saturated heterocycles. The Hall–Kier alpha value is -2.41. The fraction of sp³-hybridized carbons (Fsp3) is 0.550. The Morgan fingerprint density at radius 1 is 1.22 bits per heavy atom. The molecule has 1 amide bonds. The second kappa shape index (κ2) is 11.3. The van der Waals surface area contributed by atoms with E-state index in [9.17, 15) is 14.4 Å². The standard InChI is InChI=1S/C20H27NO6/c22-18(14-16-6-2-1-3-7-16)9-8-17-10-13-27-20(25)21(17)11-4-5-12-26-15-19(23)24/h1-3,6-7,17H,4-5,8-15H2,(H,23,24). The Morgan fingerprint density at radius 2 is 2.00 bits per heavy atom. The monoisotopic (exact) mass is 377 g/mol. The molecule has 1 aromatic rings. The fourth-order valence-electron chi connectivity index (χ4n) is 3.13. The number of carboxylic acid groups (broad SMARTS) is 1. The third kappa shape index (κ3) is 7.78. The molecule has 1 unspecified atom stereocenters. The molecule has 2 rings (SSSR count). The number of hydrogen-bond donors (Lipinski definition) is 1. The molecule has 7 nitrogen and oxygen atoms in total. The number of ether oxygens (including phenoxy) is 2. The van der Waals surface area contributed by atoms with Crippen LogP contribution in [-0.2, 0) is 25.5 Å². The van der Waals surface area contributed by atoms with Gasteiger partial charge in [-0.15, -0.1) is 0 Å². The second-order valence-electron chi connectivity index (χ2n) is 6.64. The summed E-state index contributed by atoms with van der Waals surface area (Å²) < 4.78 is 10.1. The number of aliphatic carboxylic acids is 1. The summed E-state index contributed by atoms with van der Waals surface area (Å²) in [5.74, 6) is -0.822. The summed E-state index contributed by atoms with van der Waals surface area (Å²) in [4.78, 5) is 36.4. The average molecular weight is 377 g/mol. The highest BCUT2D eigenvalue weighted by molar-refractivity contribution is 5.81. The number of ketones is 1. The van der Waals surface area contributed by atoms with E-state index < -0.39 is 5.97 Å². The lowest BCUT2D eigenvalue weighted by atomic mass is 10.00. The van der Waals surface area contributed by atoms with Crippen molar-refractivity contribution in [2.24, 2.45) is 0 Å². The van der Waals surface area contributed by atoms with E-state index >= 15 is 0 Å². The molecule has 27 heavy (non-hydrogen) atoms. The van der Waals surface area contributed by atoms with Crippen LogP contribution in [0.3, 0.4) is 0 Å². The highest BCUT2D eigenvalue weighted by Crippen LogP contribution is 2.19. The molecule has 1 aliphatic rings. The number of amides is 1. The first-order chi connectivity index (χ1) is 13.1. The Labute approximate surface area is 159 Å². The Balaban J connectivity index is 1.73. The largest absolute Gasteiger partial charge is 0.480 e. The van der Waals surface area contributed by atoms with E-state index in [4.69, 9.17) is 14.6 Å². The highest BCUT2D eigenvalue weighted by atomic mass is 16.6. The van der Waals surface area contributed by atoms with Gasteiger partial charge in [0.15, 0.2) is 0 Å².